The minimum Gasteiger partial charge on any atom is -0.439 e. The van der Waals surface area contributed by atoms with E-state index in [1.54, 1.807) is 4.90 Å². The van der Waals surface area contributed by atoms with Crippen molar-refractivity contribution in [1.29, 1.82) is 0 Å². The van der Waals surface area contributed by atoms with Crippen molar-refractivity contribution in [3.8, 4) is 0 Å². The van der Waals surface area contributed by atoms with Crippen molar-refractivity contribution in [1.82, 2.24) is 24.5 Å². The number of piperidine rings is 2. The fourth-order valence-corrected chi connectivity index (χ4v) is 6.32. The number of rotatable bonds is 4. The average Bonchev–Trinajstić information content (AvgIpc) is 3.26. The zero-order valence-corrected chi connectivity index (χ0v) is 22.6. The molecular weight excluding hydrogens is 484 g/mol. The van der Waals surface area contributed by atoms with E-state index in [2.05, 4.69) is 28.2 Å². The topological polar surface area (TPSA) is 88.7 Å². The molecule has 0 spiro atoms. The summed E-state index contributed by atoms with van der Waals surface area (Å²) in [4.78, 5) is 48.6. The number of nitrogens with zero attached hydrogens (tertiary/aromatic N) is 5. The summed E-state index contributed by atoms with van der Waals surface area (Å²) in [5, 5.41) is 3.03. The van der Waals surface area contributed by atoms with Crippen molar-refractivity contribution < 1.29 is 19.1 Å². The Kier molecular flexibility index (Phi) is 8.68. The monoisotopic (exact) mass is 526 g/mol. The minimum absolute atomic E-state index is 0.0754. The van der Waals surface area contributed by atoms with Crippen LogP contribution in [0.25, 0.3) is 0 Å². The zero-order valence-electron chi connectivity index (χ0n) is 22.6. The minimum atomic E-state index is -0.437. The largest absolute Gasteiger partial charge is 0.439 e. The molecule has 4 amide bonds. The highest BCUT2D eigenvalue weighted by Gasteiger charge is 2.33. The Balaban J connectivity index is 1.02. The van der Waals surface area contributed by atoms with Crippen LogP contribution in [0.4, 0.5) is 15.3 Å². The molecule has 4 aliphatic rings. The number of fused-ring (bicyclic) bond motifs is 1. The molecule has 10 heteroatoms. The van der Waals surface area contributed by atoms with Crippen molar-refractivity contribution >= 4 is 23.7 Å². The van der Waals surface area contributed by atoms with Gasteiger partial charge < -0.3 is 29.7 Å². The molecule has 0 aromatic heterocycles. The number of ether oxygens (including phenoxy) is 1. The molecule has 208 valence electrons. The van der Waals surface area contributed by atoms with Crippen molar-refractivity contribution in [2.24, 2.45) is 0 Å². The predicted molar refractivity (Wildman–Crippen MR) is 145 cm³/mol. The van der Waals surface area contributed by atoms with Crippen molar-refractivity contribution in [2.45, 2.75) is 50.6 Å². The summed E-state index contributed by atoms with van der Waals surface area (Å²) >= 11 is 0. The van der Waals surface area contributed by atoms with Crippen LogP contribution in [-0.4, -0.2) is 127 Å². The van der Waals surface area contributed by atoms with Crippen LogP contribution in [0.2, 0.25) is 0 Å². The lowest BCUT2D eigenvalue weighted by molar-refractivity contribution is -0.136. The van der Waals surface area contributed by atoms with Gasteiger partial charge in [-0.2, -0.15) is 0 Å². The molecule has 1 aromatic rings. The first kappa shape index (κ1) is 26.7. The highest BCUT2D eigenvalue weighted by atomic mass is 16.6. The van der Waals surface area contributed by atoms with Crippen LogP contribution in [0.3, 0.4) is 0 Å². The van der Waals surface area contributed by atoms with E-state index in [1.807, 2.05) is 28.0 Å². The highest BCUT2D eigenvalue weighted by Crippen LogP contribution is 2.25. The lowest BCUT2D eigenvalue weighted by atomic mass is 10.0. The van der Waals surface area contributed by atoms with E-state index in [0.717, 1.165) is 69.8 Å². The fourth-order valence-electron chi connectivity index (χ4n) is 6.32. The lowest BCUT2D eigenvalue weighted by Crippen LogP contribution is -2.50. The maximum Gasteiger partial charge on any atom is 0.410 e. The number of anilines is 1. The summed E-state index contributed by atoms with van der Waals surface area (Å²) < 4.78 is 5.42. The number of likely N-dealkylation sites (tertiary alicyclic amines) is 2. The molecule has 0 bridgehead atoms. The molecular formula is C28H42N6O4. The molecule has 0 aliphatic carbocycles. The first-order valence-corrected chi connectivity index (χ1v) is 14.3. The summed E-state index contributed by atoms with van der Waals surface area (Å²) in [6, 6.07) is 8.46. The number of hydrogen-bond acceptors (Lipinski definition) is 6. The van der Waals surface area contributed by atoms with E-state index in [9.17, 15) is 14.4 Å². The molecule has 5 rings (SSSR count). The summed E-state index contributed by atoms with van der Waals surface area (Å²) in [5.74, 6) is -0.108. The van der Waals surface area contributed by atoms with Gasteiger partial charge in [-0.1, -0.05) is 18.2 Å². The van der Waals surface area contributed by atoms with Crippen molar-refractivity contribution in [3.05, 3.63) is 29.8 Å². The first-order valence-electron chi connectivity index (χ1n) is 14.3. The number of para-hydroxylation sites is 1. The Morgan fingerprint density at radius 3 is 2.37 bits per heavy atom. The molecule has 4 aliphatic heterocycles. The van der Waals surface area contributed by atoms with Gasteiger partial charge in [0.2, 0.25) is 0 Å². The molecule has 1 N–H and O–H groups in total. The van der Waals surface area contributed by atoms with Crippen LogP contribution in [0, 0.1) is 0 Å². The number of likely N-dealkylation sites (N-methyl/N-ethyl adjacent to an activating group) is 1. The highest BCUT2D eigenvalue weighted by molar-refractivity contribution is 5.91. The van der Waals surface area contributed by atoms with E-state index in [1.165, 1.54) is 6.42 Å². The van der Waals surface area contributed by atoms with Crippen LogP contribution in [0.15, 0.2) is 24.3 Å². The van der Waals surface area contributed by atoms with E-state index >= 15 is 0 Å². The van der Waals surface area contributed by atoms with Crippen molar-refractivity contribution in [2.75, 3.05) is 77.9 Å². The van der Waals surface area contributed by atoms with Gasteiger partial charge in [0.25, 0.3) is 5.91 Å². The van der Waals surface area contributed by atoms with Crippen molar-refractivity contribution in [3.63, 3.8) is 0 Å². The van der Waals surface area contributed by atoms with Crippen LogP contribution >= 0.6 is 0 Å². The lowest BCUT2D eigenvalue weighted by Gasteiger charge is -2.38. The molecule has 0 atom stereocenters. The Morgan fingerprint density at radius 1 is 0.868 bits per heavy atom. The van der Waals surface area contributed by atoms with Crippen LogP contribution < -0.4 is 5.32 Å². The number of nitrogens with one attached hydrogen (secondary N) is 1. The van der Waals surface area contributed by atoms with E-state index in [-0.39, 0.29) is 24.6 Å². The smallest absolute Gasteiger partial charge is 0.410 e. The summed E-state index contributed by atoms with van der Waals surface area (Å²) in [5.41, 5.74) is 2.03. The van der Waals surface area contributed by atoms with Crippen LogP contribution in [-0.2, 0) is 16.0 Å². The molecule has 0 unspecified atom stereocenters. The SMILES string of the molecule is CN1CCCN(C2CCN(C(=O)COC(=O)N3CCC(N4CCc5ccccc5NC4=O)CC3)CC2)CC1. The second-order valence-electron chi connectivity index (χ2n) is 11.1. The van der Waals surface area contributed by atoms with Crippen LogP contribution in [0.1, 0.15) is 37.7 Å². The maximum absolute atomic E-state index is 12.8. The fraction of sp³-hybridized carbons (Fsp3) is 0.679. The zero-order chi connectivity index (χ0) is 26.5. The normalized spacial score (nSPS) is 22.9. The third-order valence-corrected chi connectivity index (χ3v) is 8.71. The molecule has 3 fully saturated rings. The quantitative estimate of drug-likeness (QED) is 0.648. The van der Waals surface area contributed by atoms with Gasteiger partial charge in [-0.05, 0) is 70.3 Å². The van der Waals surface area contributed by atoms with Gasteiger partial charge in [0, 0.05) is 63.6 Å². The second-order valence-corrected chi connectivity index (χ2v) is 11.1. The molecule has 38 heavy (non-hydrogen) atoms. The van der Waals surface area contributed by atoms with Gasteiger partial charge in [0.15, 0.2) is 6.61 Å². The third-order valence-electron chi connectivity index (χ3n) is 8.71. The number of urea groups is 1. The third kappa shape index (κ3) is 6.40. The Labute approximate surface area is 225 Å². The molecule has 0 radical (unpaired) electrons. The number of carbonyl (C=O) groups excluding carboxylic acids is 3. The van der Waals surface area contributed by atoms with Gasteiger partial charge in [-0.3, -0.25) is 9.69 Å². The number of benzene rings is 1. The van der Waals surface area contributed by atoms with E-state index in [4.69, 9.17) is 4.74 Å². The Hall–Kier alpha value is -2.85. The molecule has 4 heterocycles. The number of amides is 4. The molecule has 1 aromatic carbocycles. The van der Waals surface area contributed by atoms with E-state index in [0.29, 0.717) is 38.5 Å². The van der Waals surface area contributed by atoms with Gasteiger partial charge in [0.1, 0.15) is 0 Å². The summed E-state index contributed by atoms with van der Waals surface area (Å²) in [7, 11) is 2.18. The summed E-state index contributed by atoms with van der Waals surface area (Å²) in [6.07, 6.45) is 4.93. The van der Waals surface area contributed by atoms with Gasteiger partial charge >= 0.3 is 12.1 Å². The molecule has 0 saturated carbocycles. The molecule has 3 saturated heterocycles. The Morgan fingerprint density at radius 2 is 1.58 bits per heavy atom. The van der Waals surface area contributed by atoms with E-state index < -0.39 is 6.09 Å². The van der Waals surface area contributed by atoms with Gasteiger partial charge in [-0.15, -0.1) is 0 Å². The molecule has 10 nitrogen and oxygen atoms in total. The first-order chi connectivity index (χ1) is 18.5. The Bertz CT molecular complexity index is 989. The standard InChI is InChI=1S/C28H42N6O4/c1-30-12-4-13-31(20-19-30)23-8-14-32(15-9-23)26(35)21-38-28(37)33-16-10-24(11-17-33)34-18-7-22-5-2-3-6-25(22)29-27(34)36/h2-3,5-6,23-24H,4,7-21H2,1H3,(H,29,36). The number of hydrogen-bond donors (Lipinski definition) is 1. The predicted octanol–water partition coefficient (Wildman–Crippen LogP) is 2.31. The summed E-state index contributed by atoms with van der Waals surface area (Å²) in [6.45, 7) is 7.43. The van der Waals surface area contributed by atoms with Crippen LogP contribution in [0.5, 0.6) is 0 Å². The van der Waals surface area contributed by atoms with Gasteiger partial charge in [0.05, 0.1) is 0 Å². The van der Waals surface area contributed by atoms with Gasteiger partial charge in [-0.25, -0.2) is 9.59 Å². The second kappa shape index (κ2) is 12.3. The average molecular weight is 527 g/mol. The number of carbonyl (C=O) groups is 3. The maximum atomic E-state index is 12.8.